The van der Waals surface area contributed by atoms with Crippen LogP contribution in [0.5, 0.6) is 11.5 Å². The zero-order chi connectivity index (χ0) is 29.9. The van der Waals surface area contributed by atoms with Crippen LogP contribution in [0.3, 0.4) is 0 Å². The molecule has 218 valence electrons. The molecular weight excluding hydrogens is 530 g/mol. The van der Waals surface area contributed by atoms with Gasteiger partial charge in [0, 0.05) is 24.6 Å². The molecule has 0 saturated carbocycles. The summed E-state index contributed by atoms with van der Waals surface area (Å²) in [7, 11) is 0. The molecule has 3 heterocycles. The first-order valence-corrected chi connectivity index (χ1v) is 14.2. The second kappa shape index (κ2) is 12.1. The van der Waals surface area contributed by atoms with Gasteiger partial charge in [-0.1, -0.05) is 36.3 Å². The summed E-state index contributed by atoms with van der Waals surface area (Å²) < 4.78 is 13.5. The number of fused-ring (bicyclic) bond motifs is 1. The van der Waals surface area contributed by atoms with Gasteiger partial charge in [0.25, 0.3) is 0 Å². The van der Waals surface area contributed by atoms with Gasteiger partial charge in [0.15, 0.2) is 0 Å². The van der Waals surface area contributed by atoms with Crippen LogP contribution in [0, 0.1) is 17.8 Å². The van der Waals surface area contributed by atoms with Crippen molar-refractivity contribution in [1.29, 1.82) is 0 Å². The van der Waals surface area contributed by atoms with E-state index in [9.17, 15) is 9.90 Å². The summed E-state index contributed by atoms with van der Waals surface area (Å²) in [5, 5.41) is 10.9. The summed E-state index contributed by atoms with van der Waals surface area (Å²) in [6.07, 6.45) is 2.62. The number of para-hydroxylation sites is 1. The fraction of sp³-hybridized carbons (Fsp3) is 0.364. The number of carbonyl (C=O) groups is 1. The summed E-state index contributed by atoms with van der Waals surface area (Å²) in [5.74, 6) is 8.78. The zero-order valence-electron chi connectivity index (χ0n) is 24.5. The molecular formula is C33H37N5O4. The molecule has 9 heteroatoms. The third-order valence-electron chi connectivity index (χ3n) is 7.18. The van der Waals surface area contributed by atoms with Crippen molar-refractivity contribution in [3.63, 3.8) is 0 Å². The summed E-state index contributed by atoms with van der Waals surface area (Å²) in [6, 6.07) is 17.1. The molecule has 1 aliphatic heterocycles. The Labute approximate surface area is 246 Å². The predicted octanol–water partition coefficient (Wildman–Crippen LogP) is 6.02. The van der Waals surface area contributed by atoms with E-state index >= 15 is 0 Å². The number of hydrogen-bond acceptors (Lipinski definition) is 7. The maximum Gasteiger partial charge on any atom is 0.410 e. The summed E-state index contributed by atoms with van der Waals surface area (Å²) >= 11 is 0. The number of anilines is 1. The summed E-state index contributed by atoms with van der Waals surface area (Å²) in [5.41, 5.74) is 8.93. The average molecular weight is 568 g/mol. The first kappa shape index (κ1) is 29.0. The molecule has 1 saturated heterocycles. The van der Waals surface area contributed by atoms with E-state index in [0.29, 0.717) is 41.4 Å². The topological polar surface area (TPSA) is 116 Å². The van der Waals surface area contributed by atoms with Crippen molar-refractivity contribution in [2.24, 2.45) is 5.92 Å². The molecule has 1 unspecified atom stereocenters. The smallest absolute Gasteiger partial charge is 0.410 e. The highest BCUT2D eigenvalue weighted by Gasteiger charge is 2.27. The van der Waals surface area contributed by atoms with E-state index in [4.69, 9.17) is 15.2 Å². The molecule has 42 heavy (non-hydrogen) atoms. The van der Waals surface area contributed by atoms with Crippen molar-refractivity contribution in [2.75, 3.05) is 25.4 Å². The molecule has 5 rings (SSSR count). The molecule has 0 radical (unpaired) electrons. The molecule has 9 nitrogen and oxygen atoms in total. The molecule has 0 bridgehead atoms. The van der Waals surface area contributed by atoms with Crippen LogP contribution >= 0.6 is 0 Å². The fourth-order valence-electron chi connectivity index (χ4n) is 5.09. The van der Waals surface area contributed by atoms with Gasteiger partial charge in [0.05, 0.1) is 18.0 Å². The van der Waals surface area contributed by atoms with E-state index in [2.05, 4.69) is 21.8 Å². The van der Waals surface area contributed by atoms with E-state index in [0.717, 1.165) is 29.7 Å². The van der Waals surface area contributed by atoms with Crippen LogP contribution in [0.4, 0.5) is 10.6 Å². The number of aliphatic hydroxyl groups excluding tert-OH is 1. The van der Waals surface area contributed by atoms with Gasteiger partial charge in [-0.25, -0.2) is 14.8 Å². The first-order valence-electron chi connectivity index (χ1n) is 14.2. The van der Waals surface area contributed by atoms with Gasteiger partial charge < -0.3 is 29.8 Å². The van der Waals surface area contributed by atoms with Gasteiger partial charge >= 0.3 is 6.09 Å². The zero-order valence-corrected chi connectivity index (χ0v) is 24.5. The molecule has 2 aromatic heterocycles. The van der Waals surface area contributed by atoms with Gasteiger partial charge in [0.1, 0.15) is 40.6 Å². The Balaban J connectivity index is 1.50. The number of aromatic nitrogens is 3. The third-order valence-corrected chi connectivity index (χ3v) is 7.18. The Kier molecular flexibility index (Phi) is 8.36. The SMILES string of the molecule is CC(CO)n1c(C#CC2CCN(C(=O)OC(C)(C)C)CC2)c(-c2ccc(Oc3ccccc3)cc2)c2c(N)ncnc21. The molecule has 4 aromatic rings. The molecule has 1 aliphatic rings. The Morgan fingerprint density at radius 3 is 2.38 bits per heavy atom. The maximum atomic E-state index is 12.5. The number of carbonyl (C=O) groups excluding carboxylic acids is 1. The van der Waals surface area contributed by atoms with Crippen molar-refractivity contribution < 1.29 is 19.4 Å². The molecule has 0 spiro atoms. The minimum absolute atomic E-state index is 0.0949. The van der Waals surface area contributed by atoms with E-state index < -0.39 is 5.60 Å². The number of benzene rings is 2. The lowest BCUT2D eigenvalue weighted by Gasteiger charge is -2.31. The molecule has 0 aliphatic carbocycles. The molecule has 1 atom stereocenters. The number of ether oxygens (including phenoxy) is 2. The van der Waals surface area contributed by atoms with Crippen LogP contribution in [0.25, 0.3) is 22.2 Å². The van der Waals surface area contributed by atoms with Crippen LogP contribution in [0.15, 0.2) is 60.9 Å². The number of aliphatic hydroxyl groups is 1. The van der Waals surface area contributed by atoms with Gasteiger partial charge in [-0.15, -0.1) is 0 Å². The van der Waals surface area contributed by atoms with E-state index in [-0.39, 0.29) is 24.7 Å². The lowest BCUT2D eigenvalue weighted by Crippen LogP contribution is -2.41. The lowest BCUT2D eigenvalue weighted by atomic mass is 9.97. The second-order valence-electron chi connectivity index (χ2n) is 11.5. The number of rotatable bonds is 5. The van der Waals surface area contributed by atoms with Gasteiger partial charge in [-0.2, -0.15) is 0 Å². The van der Waals surface area contributed by atoms with Crippen molar-refractivity contribution in [3.8, 4) is 34.5 Å². The Morgan fingerprint density at radius 1 is 1.07 bits per heavy atom. The van der Waals surface area contributed by atoms with E-state index in [1.807, 2.05) is 86.9 Å². The Morgan fingerprint density at radius 2 is 1.74 bits per heavy atom. The first-order chi connectivity index (χ1) is 20.1. The standard InChI is InChI=1S/C33H37N5O4/c1-22(20-39)38-27(15-10-23-16-18-37(19-17-23)32(40)42-33(2,3)4)28(29-30(34)35-21-36-31(29)38)24-11-13-26(14-12-24)41-25-8-6-5-7-9-25/h5-9,11-14,21-23,39H,16-20H2,1-4H3,(H2,34,35,36). The van der Waals surface area contributed by atoms with E-state index in [1.165, 1.54) is 6.33 Å². The summed E-state index contributed by atoms with van der Waals surface area (Å²) in [4.78, 5) is 23.1. The number of nitrogens with two attached hydrogens (primary N) is 1. The molecule has 3 N–H and O–H groups in total. The monoisotopic (exact) mass is 567 g/mol. The predicted molar refractivity (Wildman–Crippen MR) is 163 cm³/mol. The maximum absolute atomic E-state index is 12.5. The van der Waals surface area contributed by atoms with Crippen molar-refractivity contribution in [3.05, 3.63) is 66.6 Å². The van der Waals surface area contributed by atoms with Crippen LogP contribution in [-0.2, 0) is 4.74 Å². The van der Waals surface area contributed by atoms with Crippen molar-refractivity contribution in [1.82, 2.24) is 19.4 Å². The van der Waals surface area contributed by atoms with Gasteiger partial charge in [-0.3, -0.25) is 0 Å². The average Bonchev–Trinajstić information content (AvgIpc) is 3.31. The number of likely N-dealkylation sites (tertiary alicyclic amines) is 1. The van der Waals surface area contributed by atoms with Gasteiger partial charge in [-0.05, 0) is 76.3 Å². The fourth-order valence-corrected chi connectivity index (χ4v) is 5.09. The van der Waals surface area contributed by atoms with Crippen LogP contribution in [-0.4, -0.2) is 55.9 Å². The highest BCUT2D eigenvalue weighted by atomic mass is 16.6. The minimum atomic E-state index is -0.530. The number of amides is 1. The van der Waals surface area contributed by atoms with Crippen LogP contribution in [0.2, 0.25) is 0 Å². The molecule has 1 fully saturated rings. The number of hydrogen-bond donors (Lipinski definition) is 2. The number of nitrogens with zero attached hydrogens (tertiary/aromatic N) is 4. The van der Waals surface area contributed by atoms with Crippen molar-refractivity contribution in [2.45, 2.75) is 52.2 Å². The van der Waals surface area contributed by atoms with Gasteiger partial charge in [0.2, 0.25) is 0 Å². The van der Waals surface area contributed by atoms with E-state index in [1.54, 1.807) is 4.90 Å². The number of nitrogen functional groups attached to an aromatic ring is 1. The lowest BCUT2D eigenvalue weighted by molar-refractivity contribution is 0.0199. The second-order valence-corrected chi connectivity index (χ2v) is 11.5. The summed E-state index contributed by atoms with van der Waals surface area (Å²) in [6.45, 7) is 8.59. The largest absolute Gasteiger partial charge is 0.457 e. The minimum Gasteiger partial charge on any atom is -0.457 e. The van der Waals surface area contributed by atoms with Crippen molar-refractivity contribution >= 4 is 22.9 Å². The third kappa shape index (κ3) is 6.34. The highest BCUT2D eigenvalue weighted by Crippen LogP contribution is 2.39. The van der Waals surface area contributed by atoms with Crippen LogP contribution in [0.1, 0.15) is 52.3 Å². The normalized spacial score (nSPS) is 14.7. The quantitative estimate of drug-likeness (QED) is 0.283. The van der Waals surface area contributed by atoms with Crippen LogP contribution < -0.4 is 10.5 Å². The number of piperidine rings is 1. The molecule has 2 aromatic carbocycles. The Hall–Kier alpha value is -4.55. The molecule has 1 amide bonds. The highest BCUT2D eigenvalue weighted by molar-refractivity contribution is 6.03. The Bertz CT molecular complexity index is 1610.